The van der Waals surface area contributed by atoms with Crippen LogP contribution in [0.2, 0.25) is 0 Å². The largest absolute Gasteiger partial charge is 0.325 e. The predicted molar refractivity (Wildman–Crippen MR) is 111 cm³/mol. The average Bonchev–Trinajstić information content (AvgIpc) is 2.63. The zero-order valence-electron chi connectivity index (χ0n) is 15.4. The smallest absolute Gasteiger partial charge is 0.236 e. The highest BCUT2D eigenvalue weighted by Crippen LogP contribution is 2.17. The SMILES string of the molecule is CCCCN(C(=O)CSCC(=O)Nc1cccc(C)c1)c1ccccc1. The van der Waals surface area contributed by atoms with E-state index in [-0.39, 0.29) is 17.6 Å². The number of carbonyl (C=O) groups excluding carboxylic acids is 2. The van der Waals surface area contributed by atoms with E-state index in [1.807, 2.05) is 66.4 Å². The van der Waals surface area contributed by atoms with Crippen molar-refractivity contribution in [3.8, 4) is 0 Å². The van der Waals surface area contributed by atoms with E-state index >= 15 is 0 Å². The Labute approximate surface area is 160 Å². The molecular formula is C21H26N2O2S. The molecule has 2 amide bonds. The van der Waals surface area contributed by atoms with Crippen molar-refractivity contribution in [1.29, 1.82) is 0 Å². The number of hydrogen-bond acceptors (Lipinski definition) is 3. The minimum absolute atomic E-state index is 0.0398. The Balaban J connectivity index is 1.84. The van der Waals surface area contributed by atoms with Gasteiger partial charge in [-0.25, -0.2) is 0 Å². The summed E-state index contributed by atoms with van der Waals surface area (Å²) in [6.45, 7) is 4.80. The Morgan fingerprint density at radius 2 is 1.81 bits per heavy atom. The van der Waals surface area contributed by atoms with Gasteiger partial charge in [-0.05, 0) is 43.2 Å². The minimum atomic E-state index is -0.0896. The number of nitrogens with zero attached hydrogens (tertiary/aromatic N) is 1. The van der Waals surface area contributed by atoms with Gasteiger partial charge in [0.1, 0.15) is 0 Å². The van der Waals surface area contributed by atoms with Gasteiger partial charge in [0.15, 0.2) is 0 Å². The molecule has 0 fully saturated rings. The quantitative estimate of drug-likeness (QED) is 0.707. The van der Waals surface area contributed by atoms with Crippen LogP contribution in [0.5, 0.6) is 0 Å². The van der Waals surface area contributed by atoms with Gasteiger partial charge in [0.25, 0.3) is 0 Å². The molecule has 0 saturated carbocycles. The van der Waals surface area contributed by atoms with E-state index in [9.17, 15) is 9.59 Å². The van der Waals surface area contributed by atoms with Crippen LogP contribution in [0.25, 0.3) is 0 Å². The number of rotatable bonds is 9. The number of carbonyl (C=O) groups is 2. The van der Waals surface area contributed by atoms with E-state index in [2.05, 4.69) is 12.2 Å². The van der Waals surface area contributed by atoms with Crippen LogP contribution in [0.1, 0.15) is 25.3 Å². The molecule has 4 nitrogen and oxygen atoms in total. The van der Waals surface area contributed by atoms with Crippen molar-refractivity contribution in [1.82, 2.24) is 0 Å². The van der Waals surface area contributed by atoms with Gasteiger partial charge in [0, 0.05) is 17.9 Å². The first kappa shape index (κ1) is 20.0. The monoisotopic (exact) mass is 370 g/mol. The molecule has 0 aliphatic rings. The van der Waals surface area contributed by atoms with Crippen LogP contribution in [-0.4, -0.2) is 29.9 Å². The summed E-state index contributed by atoms with van der Waals surface area (Å²) in [6.07, 6.45) is 1.99. The summed E-state index contributed by atoms with van der Waals surface area (Å²) in [6, 6.07) is 17.4. The number of unbranched alkanes of at least 4 members (excludes halogenated alkanes) is 1. The Morgan fingerprint density at radius 3 is 2.50 bits per heavy atom. The third kappa shape index (κ3) is 6.56. The van der Waals surface area contributed by atoms with Gasteiger partial charge in [-0.1, -0.05) is 43.7 Å². The molecule has 0 heterocycles. The number of hydrogen-bond donors (Lipinski definition) is 1. The van der Waals surface area contributed by atoms with E-state index in [1.165, 1.54) is 11.8 Å². The highest BCUT2D eigenvalue weighted by atomic mass is 32.2. The summed E-state index contributed by atoms with van der Waals surface area (Å²) < 4.78 is 0. The second-order valence-electron chi connectivity index (χ2n) is 6.14. The summed E-state index contributed by atoms with van der Waals surface area (Å²) in [4.78, 5) is 26.5. The van der Waals surface area contributed by atoms with Gasteiger partial charge in [-0.3, -0.25) is 9.59 Å². The molecule has 0 radical (unpaired) electrons. The van der Waals surface area contributed by atoms with Crippen molar-refractivity contribution < 1.29 is 9.59 Å². The maximum absolute atomic E-state index is 12.6. The Hall–Kier alpha value is -2.27. The van der Waals surface area contributed by atoms with E-state index in [0.717, 1.165) is 29.8 Å². The van der Waals surface area contributed by atoms with E-state index in [1.54, 1.807) is 0 Å². The molecule has 0 atom stereocenters. The van der Waals surface area contributed by atoms with Crippen LogP contribution < -0.4 is 10.2 Å². The lowest BCUT2D eigenvalue weighted by molar-refractivity contribution is -0.116. The van der Waals surface area contributed by atoms with Crippen LogP contribution in [0.15, 0.2) is 54.6 Å². The molecule has 2 aromatic rings. The lowest BCUT2D eigenvalue weighted by Crippen LogP contribution is -2.33. The molecule has 138 valence electrons. The van der Waals surface area contributed by atoms with E-state index < -0.39 is 0 Å². The van der Waals surface area contributed by atoms with Crippen LogP contribution in [-0.2, 0) is 9.59 Å². The Morgan fingerprint density at radius 1 is 1.04 bits per heavy atom. The first-order valence-corrected chi connectivity index (χ1v) is 10.1. The van der Waals surface area contributed by atoms with Gasteiger partial charge >= 0.3 is 0 Å². The van der Waals surface area contributed by atoms with Gasteiger partial charge in [0.05, 0.1) is 11.5 Å². The van der Waals surface area contributed by atoms with Gasteiger partial charge in [-0.2, -0.15) is 0 Å². The maximum atomic E-state index is 12.6. The fourth-order valence-corrected chi connectivity index (χ4v) is 3.24. The molecule has 0 aromatic heterocycles. The van der Waals surface area contributed by atoms with Crippen LogP contribution in [0.3, 0.4) is 0 Å². The average molecular weight is 371 g/mol. The molecule has 0 bridgehead atoms. The lowest BCUT2D eigenvalue weighted by atomic mass is 10.2. The third-order valence-electron chi connectivity index (χ3n) is 3.86. The standard InChI is InChI=1S/C21H26N2O2S/c1-3-4-13-23(19-11-6-5-7-12-19)21(25)16-26-15-20(24)22-18-10-8-9-17(2)14-18/h5-12,14H,3-4,13,15-16H2,1-2H3,(H,22,24). The van der Waals surface area contributed by atoms with Crippen molar-refractivity contribution in [3.63, 3.8) is 0 Å². The van der Waals surface area contributed by atoms with Crippen molar-refractivity contribution in [2.24, 2.45) is 0 Å². The molecule has 0 aliphatic carbocycles. The molecule has 0 saturated heterocycles. The molecule has 2 aromatic carbocycles. The number of anilines is 2. The van der Waals surface area contributed by atoms with Gasteiger partial charge < -0.3 is 10.2 Å². The highest BCUT2D eigenvalue weighted by Gasteiger charge is 2.15. The normalized spacial score (nSPS) is 10.4. The second-order valence-corrected chi connectivity index (χ2v) is 7.13. The minimum Gasteiger partial charge on any atom is -0.325 e. The van der Waals surface area contributed by atoms with Gasteiger partial charge in [0.2, 0.25) is 11.8 Å². The number of nitrogens with one attached hydrogen (secondary N) is 1. The first-order chi connectivity index (χ1) is 12.6. The summed E-state index contributed by atoms with van der Waals surface area (Å²) in [7, 11) is 0. The van der Waals surface area contributed by atoms with E-state index in [4.69, 9.17) is 0 Å². The number of para-hydroxylation sites is 1. The van der Waals surface area contributed by atoms with Crippen molar-refractivity contribution in [3.05, 3.63) is 60.2 Å². The predicted octanol–water partition coefficient (Wildman–Crippen LogP) is 4.50. The first-order valence-electron chi connectivity index (χ1n) is 8.90. The molecule has 1 N–H and O–H groups in total. The molecule has 2 rings (SSSR count). The Bertz CT molecular complexity index is 719. The molecule has 0 aliphatic heterocycles. The summed E-state index contributed by atoms with van der Waals surface area (Å²) in [5.41, 5.74) is 2.80. The number of thioether (sulfide) groups is 1. The summed E-state index contributed by atoms with van der Waals surface area (Å²) in [5.74, 6) is 0.502. The lowest BCUT2D eigenvalue weighted by Gasteiger charge is -2.22. The van der Waals surface area contributed by atoms with Crippen LogP contribution >= 0.6 is 11.8 Å². The van der Waals surface area contributed by atoms with Crippen LogP contribution in [0.4, 0.5) is 11.4 Å². The Kier molecular flexibility index (Phi) is 8.22. The fourth-order valence-electron chi connectivity index (χ4n) is 2.55. The fraction of sp³-hybridized carbons (Fsp3) is 0.333. The summed E-state index contributed by atoms with van der Waals surface area (Å²) >= 11 is 1.35. The second kappa shape index (κ2) is 10.7. The van der Waals surface area contributed by atoms with E-state index in [0.29, 0.717) is 12.3 Å². The maximum Gasteiger partial charge on any atom is 0.236 e. The molecular weight excluding hydrogens is 344 g/mol. The van der Waals surface area contributed by atoms with Crippen molar-refractivity contribution in [2.75, 3.05) is 28.3 Å². The molecule has 0 unspecified atom stereocenters. The molecule has 5 heteroatoms. The zero-order valence-corrected chi connectivity index (χ0v) is 16.2. The van der Waals surface area contributed by atoms with Crippen molar-refractivity contribution >= 4 is 35.0 Å². The number of benzene rings is 2. The van der Waals surface area contributed by atoms with Crippen molar-refractivity contribution in [2.45, 2.75) is 26.7 Å². The number of amides is 2. The third-order valence-corrected chi connectivity index (χ3v) is 4.78. The molecule has 26 heavy (non-hydrogen) atoms. The zero-order chi connectivity index (χ0) is 18.8. The topological polar surface area (TPSA) is 49.4 Å². The van der Waals surface area contributed by atoms with Crippen LogP contribution in [0, 0.1) is 6.92 Å². The molecule has 0 spiro atoms. The highest BCUT2D eigenvalue weighted by molar-refractivity contribution is 8.00. The van der Waals surface area contributed by atoms with Gasteiger partial charge in [-0.15, -0.1) is 11.8 Å². The number of aryl methyl sites for hydroxylation is 1. The summed E-state index contributed by atoms with van der Waals surface area (Å²) in [5, 5.41) is 2.87.